The van der Waals surface area contributed by atoms with E-state index in [1.807, 2.05) is 0 Å². The van der Waals surface area contributed by atoms with Gasteiger partial charge in [0.15, 0.2) is 0 Å². The fourth-order valence-electron chi connectivity index (χ4n) is 7.82. The molecule has 2 N–H and O–H groups in total. The van der Waals surface area contributed by atoms with Gasteiger partial charge >= 0.3 is 12.4 Å². The van der Waals surface area contributed by atoms with Crippen molar-refractivity contribution in [2.45, 2.75) is 57.0 Å². The van der Waals surface area contributed by atoms with E-state index in [-0.39, 0.29) is 60.2 Å². The van der Waals surface area contributed by atoms with Crippen molar-refractivity contribution in [3.05, 3.63) is 58.1 Å². The van der Waals surface area contributed by atoms with Gasteiger partial charge in [0.2, 0.25) is 0 Å². The van der Waals surface area contributed by atoms with E-state index in [1.54, 1.807) is 12.1 Å². The summed E-state index contributed by atoms with van der Waals surface area (Å²) >= 11 is 0. The van der Waals surface area contributed by atoms with Crippen molar-refractivity contribution in [2.75, 3.05) is 82.4 Å². The molecule has 58 heavy (non-hydrogen) atoms. The van der Waals surface area contributed by atoms with Gasteiger partial charge in [-0.2, -0.15) is 0 Å². The molecule has 4 fully saturated rings. The molecule has 2 amide bonds. The van der Waals surface area contributed by atoms with Crippen LogP contribution in [0.15, 0.2) is 35.1 Å². The van der Waals surface area contributed by atoms with E-state index in [4.69, 9.17) is 18.9 Å². The third kappa shape index (κ3) is 9.54. The van der Waals surface area contributed by atoms with Crippen LogP contribution in [0.1, 0.15) is 44.3 Å². The van der Waals surface area contributed by atoms with E-state index in [0.29, 0.717) is 56.1 Å². The predicted molar refractivity (Wildman–Crippen MR) is 202 cm³/mol. The summed E-state index contributed by atoms with van der Waals surface area (Å²) in [4.78, 5) is 78.2. The second-order valence-electron chi connectivity index (χ2n) is 14.9. The highest BCUT2D eigenvalue weighted by molar-refractivity contribution is 6.03. The summed E-state index contributed by atoms with van der Waals surface area (Å²) in [6, 6.07) is 7.30. The molecule has 0 spiro atoms. The Bertz CT molecular complexity index is 2020. The summed E-state index contributed by atoms with van der Waals surface area (Å²) in [5, 5.41) is 2.70. The second-order valence-corrected chi connectivity index (χ2v) is 14.9. The van der Waals surface area contributed by atoms with Gasteiger partial charge in [-0.05, 0) is 62.9 Å². The number of nitrogens with zero attached hydrogens (tertiary/aromatic N) is 5. The van der Waals surface area contributed by atoms with Crippen LogP contribution < -0.4 is 20.5 Å². The Morgan fingerprint density at radius 1 is 0.914 bits per heavy atom. The highest BCUT2D eigenvalue weighted by Gasteiger charge is 2.51. The first-order valence-electron chi connectivity index (χ1n) is 19.6. The SMILES string of the molecule is O=CON1C(=O)CCC(Nc2ccc(N3CCN(CCN4CCC(COc5cc(F)c6c(=O)[nH]c(COC7CCOCC7)nc6c5)CC4)CC3)cc2F)(OC=O)C1=O. The van der Waals surface area contributed by atoms with Crippen molar-refractivity contribution >= 4 is 47.0 Å². The van der Waals surface area contributed by atoms with Gasteiger partial charge in [-0.1, -0.05) is 5.06 Å². The van der Waals surface area contributed by atoms with E-state index in [0.717, 1.165) is 65.0 Å². The molecular weight excluding hydrogens is 764 g/mol. The summed E-state index contributed by atoms with van der Waals surface area (Å²) in [7, 11) is 0. The molecule has 1 aromatic heterocycles. The number of H-pyrrole nitrogens is 1. The fourth-order valence-corrected chi connectivity index (χ4v) is 7.82. The number of rotatable bonds is 16. The number of likely N-dealkylation sites (tertiary alicyclic amines) is 1. The van der Waals surface area contributed by atoms with Gasteiger partial charge < -0.3 is 43.9 Å². The lowest BCUT2D eigenvalue weighted by Gasteiger charge is -2.39. The number of hydroxylamine groups is 2. The Hall–Kier alpha value is -5.24. The third-order valence-corrected chi connectivity index (χ3v) is 11.2. The molecule has 0 aliphatic carbocycles. The first-order chi connectivity index (χ1) is 28.1. The van der Waals surface area contributed by atoms with Crippen LogP contribution in [0.4, 0.5) is 20.2 Å². The number of benzene rings is 2. The number of piperidine rings is 2. The smallest absolute Gasteiger partial charge is 0.328 e. The van der Waals surface area contributed by atoms with E-state index >= 15 is 8.78 Å². The van der Waals surface area contributed by atoms with Crippen LogP contribution in [0.25, 0.3) is 10.9 Å². The Kier molecular flexibility index (Phi) is 13.1. The van der Waals surface area contributed by atoms with Crippen molar-refractivity contribution in [2.24, 2.45) is 5.92 Å². The average Bonchev–Trinajstić information content (AvgIpc) is 3.23. The summed E-state index contributed by atoms with van der Waals surface area (Å²) in [5.41, 5.74) is -1.95. The van der Waals surface area contributed by atoms with Gasteiger partial charge in [0, 0.05) is 83.1 Å². The standard InChI is InChI=1S/C39H47F2N7O10/c40-30-19-27(1-2-32(30)44-39(57-24-49)8-3-35(51)48(38(39)53)58-25-50)47-15-13-46(14-16-47)12-11-45-9-4-26(5-10-45)22-55-29-20-31(41)36-33(21-29)42-34(43-37(36)52)23-56-28-6-17-54-18-7-28/h1-2,19-21,24-26,28,44H,3-18,22-23H2,(H,42,43,52). The lowest BCUT2D eigenvalue weighted by Crippen LogP contribution is -2.61. The summed E-state index contributed by atoms with van der Waals surface area (Å²) in [6.07, 6.45) is 2.86. The molecule has 4 aliphatic heterocycles. The molecule has 0 radical (unpaired) electrons. The Balaban J connectivity index is 0.838. The molecule has 2 aromatic carbocycles. The van der Waals surface area contributed by atoms with Crippen molar-refractivity contribution in [3.8, 4) is 5.75 Å². The van der Waals surface area contributed by atoms with Gasteiger partial charge in [-0.3, -0.25) is 28.9 Å². The van der Waals surface area contributed by atoms with Crippen LogP contribution in [0.3, 0.4) is 0 Å². The van der Waals surface area contributed by atoms with Crippen LogP contribution in [0, 0.1) is 17.6 Å². The maximum Gasteiger partial charge on any atom is 0.328 e. The summed E-state index contributed by atoms with van der Waals surface area (Å²) in [5.74, 6) is -2.36. The highest BCUT2D eigenvalue weighted by atomic mass is 19.1. The van der Waals surface area contributed by atoms with Crippen LogP contribution in [-0.4, -0.2) is 134 Å². The van der Waals surface area contributed by atoms with Gasteiger partial charge in [0.1, 0.15) is 35.2 Å². The Morgan fingerprint density at radius 2 is 1.66 bits per heavy atom. The van der Waals surface area contributed by atoms with Gasteiger partial charge in [-0.15, -0.1) is 0 Å². The number of hydrogen-bond donors (Lipinski definition) is 2. The molecule has 1 unspecified atom stereocenters. The number of amides is 2. The van der Waals surface area contributed by atoms with Gasteiger partial charge in [0.05, 0.1) is 23.9 Å². The molecular formula is C39H47F2N7O10. The Morgan fingerprint density at radius 3 is 2.36 bits per heavy atom. The minimum Gasteiger partial charge on any atom is -0.493 e. The molecule has 0 saturated carbocycles. The van der Waals surface area contributed by atoms with E-state index in [2.05, 4.69) is 34.8 Å². The highest BCUT2D eigenvalue weighted by Crippen LogP contribution is 2.32. The number of anilines is 2. The van der Waals surface area contributed by atoms with E-state index < -0.39 is 34.7 Å². The number of carbonyl (C=O) groups is 4. The van der Waals surface area contributed by atoms with Crippen molar-refractivity contribution in [1.29, 1.82) is 0 Å². The van der Waals surface area contributed by atoms with Crippen molar-refractivity contribution in [1.82, 2.24) is 24.8 Å². The molecule has 1 atom stereocenters. The second kappa shape index (κ2) is 18.6. The molecule has 17 nitrogen and oxygen atoms in total. The molecule has 4 aliphatic rings. The number of imide groups is 1. The largest absolute Gasteiger partial charge is 0.493 e. The van der Waals surface area contributed by atoms with E-state index in [1.165, 1.54) is 18.2 Å². The molecule has 19 heteroatoms. The van der Waals surface area contributed by atoms with Gasteiger partial charge in [0.25, 0.3) is 23.7 Å². The summed E-state index contributed by atoms with van der Waals surface area (Å²) in [6.45, 7) is 8.25. The maximum atomic E-state index is 15.4. The number of halogens is 2. The zero-order valence-corrected chi connectivity index (χ0v) is 32.0. The molecule has 5 heterocycles. The first-order valence-corrected chi connectivity index (χ1v) is 19.6. The fraction of sp³-hybridized carbons (Fsp3) is 0.538. The quantitative estimate of drug-likeness (QED) is 0.122. The number of aromatic amines is 1. The number of carbonyl (C=O) groups excluding carboxylic acids is 4. The minimum atomic E-state index is -2.14. The number of fused-ring (bicyclic) bond motifs is 1. The number of aromatic nitrogens is 2. The number of piperazine rings is 1. The van der Waals surface area contributed by atoms with Crippen molar-refractivity contribution in [3.63, 3.8) is 0 Å². The Labute approximate surface area is 332 Å². The zero-order valence-electron chi connectivity index (χ0n) is 32.0. The third-order valence-electron chi connectivity index (χ3n) is 11.2. The van der Waals surface area contributed by atoms with E-state index in [9.17, 15) is 24.0 Å². The van der Waals surface area contributed by atoms with Crippen LogP contribution >= 0.6 is 0 Å². The topological polar surface area (TPSA) is 185 Å². The van der Waals surface area contributed by atoms with Crippen molar-refractivity contribution < 1.29 is 51.7 Å². The lowest BCUT2D eigenvalue weighted by molar-refractivity contribution is -0.211. The first kappa shape index (κ1) is 40.9. The molecule has 3 aromatic rings. The van der Waals surface area contributed by atoms with Crippen LogP contribution in [0.2, 0.25) is 0 Å². The molecule has 0 bridgehead atoms. The van der Waals surface area contributed by atoms with Gasteiger partial charge in [-0.25, -0.2) is 13.8 Å². The number of ether oxygens (including phenoxy) is 4. The summed E-state index contributed by atoms with van der Waals surface area (Å²) < 4.78 is 52.7. The average molecular weight is 812 g/mol. The monoisotopic (exact) mass is 811 g/mol. The number of hydrogen-bond acceptors (Lipinski definition) is 15. The van der Waals surface area contributed by atoms with Crippen LogP contribution in [0.5, 0.6) is 5.75 Å². The number of nitrogens with one attached hydrogen (secondary N) is 2. The molecule has 4 saturated heterocycles. The predicted octanol–water partition coefficient (Wildman–Crippen LogP) is 2.33. The maximum absolute atomic E-state index is 15.4. The lowest BCUT2D eigenvalue weighted by atomic mass is 9.98. The zero-order chi connectivity index (χ0) is 40.6. The molecule has 312 valence electrons. The molecule has 7 rings (SSSR count). The minimum absolute atomic E-state index is 0.00642. The van der Waals surface area contributed by atoms with Crippen LogP contribution in [-0.2, 0) is 44.8 Å². The normalized spacial score (nSPS) is 21.6.